The van der Waals surface area contributed by atoms with E-state index in [0.717, 1.165) is 18.7 Å². The third kappa shape index (κ3) is 2.11. The Morgan fingerprint density at radius 2 is 2.06 bits per heavy atom. The largest absolute Gasteiger partial charge is 0.459 e. The van der Waals surface area contributed by atoms with Crippen molar-refractivity contribution in [1.29, 1.82) is 0 Å². The van der Waals surface area contributed by atoms with E-state index in [1.807, 2.05) is 17.9 Å². The van der Waals surface area contributed by atoms with Crippen molar-refractivity contribution in [1.82, 2.24) is 10.2 Å². The molecule has 1 aromatic rings. The molecule has 1 fully saturated rings. The molecular formula is C12H18N2O2. The minimum absolute atomic E-state index is 0.00250. The molecule has 2 unspecified atom stereocenters. The first-order valence-electron chi connectivity index (χ1n) is 5.67. The lowest BCUT2D eigenvalue weighted by molar-refractivity contribution is 0.0641. The fourth-order valence-electron chi connectivity index (χ4n) is 2.23. The zero-order valence-electron chi connectivity index (χ0n) is 9.99. The predicted molar refractivity (Wildman–Crippen MR) is 61.4 cm³/mol. The van der Waals surface area contributed by atoms with Gasteiger partial charge in [-0.05, 0) is 26.8 Å². The summed E-state index contributed by atoms with van der Waals surface area (Å²) in [5.41, 5.74) is 0.906. The number of hydrogen-bond donors (Lipinski definition) is 1. The number of piperazine rings is 1. The van der Waals surface area contributed by atoms with Gasteiger partial charge in [0.25, 0.3) is 5.91 Å². The van der Waals surface area contributed by atoms with Crippen LogP contribution in [0.2, 0.25) is 0 Å². The van der Waals surface area contributed by atoms with E-state index in [9.17, 15) is 4.79 Å². The van der Waals surface area contributed by atoms with Gasteiger partial charge in [0.15, 0.2) is 5.76 Å². The molecule has 2 heterocycles. The van der Waals surface area contributed by atoms with Crippen LogP contribution in [0.5, 0.6) is 0 Å². The molecule has 1 aromatic heterocycles. The molecule has 1 aliphatic rings. The van der Waals surface area contributed by atoms with Crippen LogP contribution in [0.15, 0.2) is 16.7 Å². The molecule has 0 bridgehead atoms. The highest BCUT2D eigenvalue weighted by atomic mass is 16.3. The summed E-state index contributed by atoms with van der Waals surface area (Å²) in [5, 5.41) is 3.40. The van der Waals surface area contributed by atoms with Gasteiger partial charge in [0.2, 0.25) is 0 Å². The van der Waals surface area contributed by atoms with Gasteiger partial charge in [-0.2, -0.15) is 0 Å². The number of nitrogens with zero attached hydrogens (tertiary/aromatic N) is 1. The molecule has 16 heavy (non-hydrogen) atoms. The molecule has 1 amide bonds. The van der Waals surface area contributed by atoms with Crippen LogP contribution < -0.4 is 5.32 Å². The Morgan fingerprint density at radius 1 is 1.44 bits per heavy atom. The minimum Gasteiger partial charge on any atom is -0.459 e. The van der Waals surface area contributed by atoms with E-state index < -0.39 is 0 Å². The molecule has 88 valence electrons. The van der Waals surface area contributed by atoms with Crippen molar-refractivity contribution in [2.24, 2.45) is 0 Å². The monoisotopic (exact) mass is 222 g/mol. The van der Waals surface area contributed by atoms with Gasteiger partial charge in [-0.25, -0.2) is 0 Å². The first kappa shape index (κ1) is 11.2. The van der Waals surface area contributed by atoms with E-state index in [-0.39, 0.29) is 5.91 Å². The quantitative estimate of drug-likeness (QED) is 0.781. The third-order valence-corrected chi connectivity index (χ3v) is 2.90. The summed E-state index contributed by atoms with van der Waals surface area (Å²) >= 11 is 0. The lowest BCUT2D eigenvalue weighted by Gasteiger charge is -2.35. The van der Waals surface area contributed by atoms with Crippen molar-refractivity contribution in [3.63, 3.8) is 0 Å². The Labute approximate surface area is 95.6 Å². The molecule has 4 nitrogen and oxygen atoms in total. The van der Waals surface area contributed by atoms with Gasteiger partial charge in [-0.15, -0.1) is 0 Å². The van der Waals surface area contributed by atoms with Crippen LogP contribution in [0, 0.1) is 6.92 Å². The Kier molecular flexibility index (Phi) is 3.01. The average molecular weight is 222 g/mol. The van der Waals surface area contributed by atoms with Gasteiger partial charge in [-0.3, -0.25) is 4.79 Å². The maximum Gasteiger partial charge on any atom is 0.289 e. The van der Waals surface area contributed by atoms with Crippen molar-refractivity contribution in [3.8, 4) is 0 Å². The van der Waals surface area contributed by atoms with Crippen molar-refractivity contribution < 1.29 is 9.21 Å². The topological polar surface area (TPSA) is 45.5 Å². The molecule has 1 saturated heterocycles. The number of carbonyl (C=O) groups excluding carboxylic acids is 1. The fourth-order valence-corrected chi connectivity index (χ4v) is 2.23. The lowest BCUT2D eigenvalue weighted by Crippen LogP contribution is -2.55. The van der Waals surface area contributed by atoms with E-state index >= 15 is 0 Å². The van der Waals surface area contributed by atoms with Gasteiger partial charge in [-0.1, -0.05) is 0 Å². The molecule has 1 aliphatic heterocycles. The molecule has 1 N–H and O–H groups in total. The molecule has 2 atom stereocenters. The van der Waals surface area contributed by atoms with Crippen molar-refractivity contribution in [2.75, 3.05) is 13.1 Å². The van der Waals surface area contributed by atoms with E-state index in [1.54, 1.807) is 6.26 Å². The molecule has 0 spiro atoms. The van der Waals surface area contributed by atoms with Crippen LogP contribution in [0.25, 0.3) is 0 Å². The van der Waals surface area contributed by atoms with E-state index in [4.69, 9.17) is 4.42 Å². The Morgan fingerprint density at radius 3 is 2.56 bits per heavy atom. The Bertz CT molecular complexity index is 376. The van der Waals surface area contributed by atoms with Crippen LogP contribution in [-0.2, 0) is 0 Å². The summed E-state index contributed by atoms with van der Waals surface area (Å²) in [4.78, 5) is 14.0. The molecule has 0 aliphatic carbocycles. The first-order valence-corrected chi connectivity index (χ1v) is 5.67. The number of amides is 1. The maximum atomic E-state index is 12.2. The van der Waals surface area contributed by atoms with E-state index in [1.165, 1.54) is 0 Å². The summed E-state index contributed by atoms with van der Waals surface area (Å²) in [6, 6.07) is 2.49. The van der Waals surface area contributed by atoms with Gasteiger partial charge in [0, 0.05) is 30.7 Å². The van der Waals surface area contributed by atoms with Crippen LogP contribution in [0.1, 0.15) is 30.0 Å². The number of carbonyl (C=O) groups is 1. The van der Waals surface area contributed by atoms with E-state index in [2.05, 4.69) is 19.2 Å². The van der Waals surface area contributed by atoms with Crippen LogP contribution in [-0.4, -0.2) is 36.0 Å². The molecule has 0 saturated carbocycles. The number of nitrogens with one attached hydrogen (secondary N) is 1. The van der Waals surface area contributed by atoms with Gasteiger partial charge in [0.05, 0.1) is 6.26 Å². The van der Waals surface area contributed by atoms with Crippen LogP contribution in [0.4, 0.5) is 0 Å². The summed E-state index contributed by atoms with van der Waals surface area (Å²) in [7, 11) is 0. The van der Waals surface area contributed by atoms with Crippen LogP contribution >= 0.6 is 0 Å². The molecule has 0 aromatic carbocycles. The third-order valence-electron chi connectivity index (χ3n) is 2.90. The summed E-state index contributed by atoms with van der Waals surface area (Å²) < 4.78 is 5.24. The van der Waals surface area contributed by atoms with Gasteiger partial charge >= 0.3 is 0 Å². The summed E-state index contributed by atoms with van der Waals surface area (Å²) in [5.74, 6) is 0.476. The number of furan rings is 1. The zero-order valence-corrected chi connectivity index (χ0v) is 9.99. The smallest absolute Gasteiger partial charge is 0.289 e. The number of hydrogen-bond acceptors (Lipinski definition) is 3. The second-order valence-corrected chi connectivity index (χ2v) is 4.61. The molecule has 0 radical (unpaired) electrons. The van der Waals surface area contributed by atoms with E-state index in [0.29, 0.717) is 17.8 Å². The van der Waals surface area contributed by atoms with Crippen molar-refractivity contribution in [2.45, 2.75) is 32.9 Å². The second kappa shape index (κ2) is 4.29. The maximum absolute atomic E-state index is 12.2. The number of aryl methyl sites for hydroxylation is 1. The highest BCUT2D eigenvalue weighted by Crippen LogP contribution is 2.14. The zero-order chi connectivity index (χ0) is 11.7. The summed E-state index contributed by atoms with van der Waals surface area (Å²) in [6.45, 7) is 7.55. The van der Waals surface area contributed by atoms with Crippen molar-refractivity contribution in [3.05, 3.63) is 23.7 Å². The van der Waals surface area contributed by atoms with Gasteiger partial charge < -0.3 is 14.6 Å². The molecule has 4 heteroatoms. The van der Waals surface area contributed by atoms with Gasteiger partial charge in [0.1, 0.15) is 0 Å². The fraction of sp³-hybridized carbons (Fsp3) is 0.583. The standard InChI is InChI=1S/C12H18N2O2/c1-8-4-5-16-11(8)12(15)14-6-9(2)13-10(3)7-14/h4-5,9-10,13H,6-7H2,1-3H3. The Balaban J connectivity index is 2.13. The average Bonchev–Trinajstić information content (AvgIpc) is 2.62. The highest BCUT2D eigenvalue weighted by Gasteiger charge is 2.27. The highest BCUT2D eigenvalue weighted by molar-refractivity contribution is 5.93. The lowest BCUT2D eigenvalue weighted by atomic mass is 10.1. The van der Waals surface area contributed by atoms with Crippen molar-refractivity contribution >= 4 is 5.91 Å². The molecular weight excluding hydrogens is 204 g/mol. The Hall–Kier alpha value is -1.29. The van der Waals surface area contributed by atoms with Crippen LogP contribution in [0.3, 0.4) is 0 Å². The number of rotatable bonds is 1. The predicted octanol–water partition coefficient (Wildman–Crippen LogP) is 1.41. The second-order valence-electron chi connectivity index (χ2n) is 4.61. The molecule has 2 rings (SSSR count). The first-order chi connectivity index (χ1) is 7.58. The summed E-state index contributed by atoms with van der Waals surface area (Å²) in [6.07, 6.45) is 1.57. The normalized spacial score (nSPS) is 25.8. The SMILES string of the molecule is Cc1ccoc1C(=O)N1CC(C)NC(C)C1. The minimum atomic E-state index is 0.00250.